The minimum Gasteiger partial charge on any atom is -0.389 e. The molecule has 0 fully saturated rings. The highest BCUT2D eigenvalue weighted by molar-refractivity contribution is 4.76. The molecule has 0 aliphatic rings. The molecule has 13 heavy (non-hydrogen) atoms. The summed E-state index contributed by atoms with van der Waals surface area (Å²) in [5, 5.41) is 9.60. The summed E-state index contributed by atoms with van der Waals surface area (Å²) >= 11 is 0. The first-order chi connectivity index (χ1) is 6.14. The molecular weight excluding hydrogens is 166 g/mol. The fourth-order valence-electron chi connectivity index (χ4n) is 1.16. The van der Waals surface area contributed by atoms with Gasteiger partial charge >= 0.3 is 0 Å². The van der Waals surface area contributed by atoms with E-state index in [1.165, 1.54) is 0 Å². The Morgan fingerprint density at radius 2 is 2.38 bits per heavy atom. The SMILES string of the molecule is CC(O)(CN)CCCn1ccnc1. The van der Waals surface area contributed by atoms with Crippen LogP contribution in [-0.2, 0) is 6.54 Å². The maximum Gasteiger partial charge on any atom is 0.0945 e. The summed E-state index contributed by atoms with van der Waals surface area (Å²) in [5.41, 5.74) is 4.67. The van der Waals surface area contributed by atoms with Gasteiger partial charge in [-0.1, -0.05) is 0 Å². The predicted octanol–water partition coefficient (Wildman–Crippen LogP) is 0.373. The van der Waals surface area contributed by atoms with Crippen molar-refractivity contribution in [2.24, 2.45) is 5.73 Å². The quantitative estimate of drug-likeness (QED) is 0.693. The third-order valence-electron chi connectivity index (χ3n) is 2.13. The number of hydrogen-bond acceptors (Lipinski definition) is 3. The lowest BCUT2D eigenvalue weighted by Gasteiger charge is -2.20. The number of aromatic nitrogens is 2. The molecule has 4 heteroatoms. The minimum atomic E-state index is -0.722. The molecule has 0 saturated carbocycles. The van der Waals surface area contributed by atoms with E-state index >= 15 is 0 Å². The van der Waals surface area contributed by atoms with Gasteiger partial charge in [-0.15, -0.1) is 0 Å². The molecule has 0 spiro atoms. The van der Waals surface area contributed by atoms with E-state index in [4.69, 9.17) is 5.73 Å². The number of imidazole rings is 1. The summed E-state index contributed by atoms with van der Waals surface area (Å²) in [6.07, 6.45) is 7.08. The molecule has 1 unspecified atom stereocenters. The lowest BCUT2D eigenvalue weighted by atomic mass is 10.0. The molecular formula is C9H17N3O. The Morgan fingerprint density at radius 3 is 2.92 bits per heavy atom. The molecule has 1 atom stereocenters. The van der Waals surface area contributed by atoms with Crippen LogP contribution in [0.2, 0.25) is 0 Å². The molecule has 0 radical (unpaired) electrons. The average Bonchev–Trinajstić information content (AvgIpc) is 2.57. The third-order valence-corrected chi connectivity index (χ3v) is 2.13. The Hall–Kier alpha value is -0.870. The van der Waals surface area contributed by atoms with Crippen LogP contribution in [0.4, 0.5) is 0 Å². The van der Waals surface area contributed by atoms with Gasteiger partial charge in [-0.05, 0) is 19.8 Å². The van der Waals surface area contributed by atoms with E-state index in [0.29, 0.717) is 6.54 Å². The van der Waals surface area contributed by atoms with Gasteiger partial charge in [0.1, 0.15) is 0 Å². The van der Waals surface area contributed by atoms with Crippen LogP contribution in [0, 0.1) is 0 Å². The summed E-state index contributed by atoms with van der Waals surface area (Å²) in [5.74, 6) is 0. The van der Waals surface area contributed by atoms with Crippen molar-refractivity contribution in [1.82, 2.24) is 9.55 Å². The van der Waals surface area contributed by atoms with E-state index in [1.807, 2.05) is 10.8 Å². The van der Waals surface area contributed by atoms with Crippen LogP contribution in [0.25, 0.3) is 0 Å². The van der Waals surface area contributed by atoms with Gasteiger partial charge in [0.2, 0.25) is 0 Å². The molecule has 0 saturated heterocycles. The Balaban J connectivity index is 2.21. The number of aryl methyl sites for hydroxylation is 1. The Labute approximate surface area is 78.4 Å². The fraction of sp³-hybridized carbons (Fsp3) is 0.667. The van der Waals surface area contributed by atoms with E-state index < -0.39 is 5.60 Å². The van der Waals surface area contributed by atoms with Crippen LogP contribution < -0.4 is 5.73 Å². The number of hydrogen-bond donors (Lipinski definition) is 2. The van der Waals surface area contributed by atoms with Gasteiger partial charge in [-0.25, -0.2) is 4.98 Å². The standard InChI is InChI=1S/C9H17N3O/c1-9(13,7-10)3-2-5-12-6-4-11-8-12/h4,6,8,13H,2-3,5,7,10H2,1H3. The number of nitrogens with two attached hydrogens (primary N) is 1. The second-order valence-corrected chi connectivity index (χ2v) is 3.61. The van der Waals surface area contributed by atoms with Crippen molar-refractivity contribution < 1.29 is 5.11 Å². The molecule has 0 aromatic carbocycles. The smallest absolute Gasteiger partial charge is 0.0945 e. The highest BCUT2D eigenvalue weighted by Gasteiger charge is 2.16. The van der Waals surface area contributed by atoms with Crippen molar-refractivity contribution in [3.05, 3.63) is 18.7 Å². The lowest BCUT2D eigenvalue weighted by Crippen LogP contribution is -2.34. The van der Waals surface area contributed by atoms with Crippen molar-refractivity contribution >= 4 is 0 Å². The number of nitrogens with zero attached hydrogens (tertiary/aromatic N) is 2. The van der Waals surface area contributed by atoms with E-state index in [-0.39, 0.29) is 0 Å². The highest BCUT2D eigenvalue weighted by Crippen LogP contribution is 2.10. The van der Waals surface area contributed by atoms with Crippen LogP contribution in [0.1, 0.15) is 19.8 Å². The second-order valence-electron chi connectivity index (χ2n) is 3.61. The van der Waals surface area contributed by atoms with E-state index in [2.05, 4.69) is 4.98 Å². The lowest BCUT2D eigenvalue weighted by molar-refractivity contribution is 0.0566. The average molecular weight is 183 g/mol. The third kappa shape index (κ3) is 3.57. The van der Waals surface area contributed by atoms with E-state index in [9.17, 15) is 5.11 Å². The zero-order chi connectivity index (χ0) is 9.73. The first kappa shape index (κ1) is 10.2. The maximum absolute atomic E-state index is 9.60. The number of aliphatic hydroxyl groups is 1. The molecule has 0 aliphatic heterocycles. The second kappa shape index (κ2) is 4.39. The van der Waals surface area contributed by atoms with Gasteiger partial charge in [0, 0.05) is 25.5 Å². The van der Waals surface area contributed by atoms with E-state index in [1.54, 1.807) is 19.4 Å². The predicted molar refractivity (Wildman–Crippen MR) is 51.1 cm³/mol. The van der Waals surface area contributed by atoms with Crippen LogP contribution in [0.3, 0.4) is 0 Å². The molecule has 0 bridgehead atoms. The van der Waals surface area contributed by atoms with Gasteiger partial charge in [0.05, 0.1) is 11.9 Å². The van der Waals surface area contributed by atoms with Crippen molar-refractivity contribution in [2.45, 2.75) is 31.9 Å². The summed E-state index contributed by atoms with van der Waals surface area (Å²) in [7, 11) is 0. The molecule has 3 N–H and O–H groups in total. The fourth-order valence-corrected chi connectivity index (χ4v) is 1.16. The van der Waals surface area contributed by atoms with Crippen molar-refractivity contribution in [2.75, 3.05) is 6.54 Å². The van der Waals surface area contributed by atoms with Crippen LogP contribution in [0.5, 0.6) is 0 Å². The van der Waals surface area contributed by atoms with Crippen molar-refractivity contribution in [3.63, 3.8) is 0 Å². The van der Waals surface area contributed by atoms with Crippen LogP contribution in [-0.4, -0.2) is 26.8 Å². The van der Waals surface area contributed by atoms with Crippen molar-refractivity contribution in [3.8, 4) is 0 Å². The topological polar surface area (TPSA) is 64.1 Å². The Kier molecular flexibility index (Phi) is 3.45. The first-order valence-electron chi connectivity index (χ1n) is 4.52. The molecule has 4 nitrogen and oxygen atoms in total. The Morgan fingerprint density at radius 1 is 1.62 bits per heavy atom. The summed E-state index contributed by atoms with van der Waals surface area (Å²) < 4.78 is 1.99. The zero-order valence-electron chi connectivity index (χ0n) is 7.98. The van der Waals surface area contributed by atoms with Crippen molar-refractivity contribution in [1.29, 1.82) is 0 Å². The zero-order valence-corrected chi connectivity index (χ0v) is 7.98. The van der Waals surface area contributed by atoms with Gasteiger partial charge < -0.3 is 15.4 Å². The Bertz CT molecular complexity index is 231. The highest BCUT2D eigenvalue weighted by atomic mass is 16.3. The molecule has 1 heterocycles. The van der Waals surface area contributed by atoms with Gasteiger partial charge in [0.15, 0.2) is 0 Å². The van der Waals surface area contributed by atoms with Gasteiger partial charge in [-0.2, -0.15) is 0 Å². The molecule has 1 aromatic rings. The molecule has 74 valence electrons. The van der Waals surface area contributed by atoms with Crippen LogP contribution in [0.15, 0.2) is 18.7 Å². The van der Waals surface area contributed by atoms with Gasteiger partial charge in [0.25, 0.3) is 0 Å². The normalized spacial score (nSPS) is 15.6. The molecule has 0 amide bonds. The number of rotatable bonds is 5. The first-order valence-corrected chi connectivity index (χ1v) is 4.52. The molecule has 1 rings (SSSR count). The van der Waals surface area contributed by atoms with Gasteiger partial charge in [-0.3, -0.25) is 0 Å². The van der Waals surface area contributed by atoms with Crippen LogP contribution >= 0.6 is 0 Å². The largest absolute Gasteiger partial charge is 0.389 e. The van der Waals surface area contributed by atoms with E-state index in [0.717, 1.165) is 19.4 Å². The maximum atomic E-state index is 9.60. The summed E-state index contributed by atoms with van der Waals surface area (Å²) in [6, 6.07) is 0. The molecule has 1 aromatic heterocycles. The minimum absolute atomic E-state index is 0.316. The summed E-state index contributed by atoms with van der Waals surface area (Å²) in [6.45, 7) is 2.97. The monoisotopic (exact) mass is 183 g/mol. The summed E-state index contributed by atoms with van der Waals surface area (Å²) in [4.78, 5) is 3.93. The molecule has 0 aliphatic carbocycles.